The molecular formula is C27H30N4O3. The zero-order valence-corrected chi connectivity index (χ0v) is 19.9. The number of aromatic nitrogens is 3. The number of pyridine rings is 1. The number of hydrogen-bond donors (Lipinski definition) is 1. The van der Waals surface area contributed by atoms with Crippen LogP contribution >= 0.6 is 0 Å². The predicted octanol–water partition coefficient (Wildman–Crippen LogP) is 4.48. The number of hydrogen-bond acceptors (Lipinski definition) is 5. The van der Waals surface area contributed by atoms with Crippen LogP contribution in [0.5, 0.6) is 5.75 Å². The number of benzene rings is 1. The van der Waals surface area contributed by atoms with Gasteiger partial charge >= 0.3 is 0 Å². The first-order chi connectivity index (χ1) is 16.3. The number of ether oxygens (including phenoxy) is 1. The summed E-state index contributed by atoms with van der Waals surface area (Å²) in [6.45, 7) is 8.38. The third-order valence-electron chi connectivity index (χ3n) is 6.04. The van der Waals surface area contributed by atoms with E-state index < -0.39 is 0 Å². The molecule has 176 valence electrons. The Bertz CT molecular complexity index is 1210. The third kappa shape index (κ3) is 4.93. The molecule has 2 aromatic heterocycles. The van der Waals surface area contributed by atoms with E-state index in [-0.39, 0.29) is 17.1 Å². The molecule has 34 heavy (non-hydrogen) atoms. The summed E-state index contributed by atoms with van der Waals surface area (Å²) >= 11 is 0. The van der Waals surface area contributed by atoms with Crippen LogP contribution in [0.4, 0.5) is 0 Å². The fourth-order valence-corrected chi connectivity index (χ4v) is 4.30. The van der Waals surface area contributed by atoms with Crippen molar-refractivity contribution in [2.75, 3.05) is 7.11 Å². The molecule has 7 heteroatoms. The molecule has 2 heterocycles. The number of aryl methyl sites for hydroxylation is 1. The lowest BCUT2D eigenvalue weighted by atomic mass is 9.75. The third-order valence-corrected chi connectivity index (χ3v) is 6.04. The largest absolute Gasteiger partial charge is 0.497 e. The number of carbonyl (C=O) groups excluding carboxylic acids is 2. The molecule has 1 aliphatic rings. The summed E-state index contributed by atoms with van der Waals surface area (Å²) in [5.41, 5.74) is 3.70. The fraction of sp³-hybridized carbons (Fsp3) is 0.333. The Hall–Kier alpha value is -3.74. The molecule has 0 saturated heterocycles. The molecule has 0 aliphatic heterocycles. The first-order valence-electron chi connectivity index (χ1n) is 11.4. The van der Waals surface area contributed by atoms with Crippen molar-refractivity contribution in [1.29, 1.82) is 0 Å². The highest BCUT2D eigenvalue weighted by Gasteiger charge is 2.36. The SMILES string of the molecule is C=CCCc1nn(-c2ccc(C(=O)NCc3ccc(OC)cc3)cn2)c2c1C(=O)CC(C)(C)C2. The van der Waals surface area contributed by atoms with Gasteiger partial charge in [0, 0.05) is 19.2 Å². The van der Waals surface area contributed by atoms with Gasteiger partial charge in [0.2, 0.25) is 0 Å². The van der Waals surface area contributed by atoms with Gasteiger partial charge in [0.25, 0.3) is 5.91 Å². The Kier molecular flexibility index (Phi) is 6.63. The second kappa shape index (κ2) is 9.63. The second-order valence-corrected chi connectivity index (χ2v) is 9.38. The van der Waals surface area contributed by atoms with Crippen LogP contribution in [-0.2, 0) is 19.4 Å². The van der Waals surface area contributed by atoms with Crippen LogP contribution in [0.3, 0.4) is 0 Å². The van der Waals surface area contributed by atoms with Crippen LogP contribution in [-0.4, -0.2) is 33.6 Å². The highest BCUT2D eigenvalue weighted by Crippen LogP contribution is 2.37. The summed E-state index contributed by atoms with van der Waals surface area (Å²) < 4.78 is 6.93. The minimum atomic E-state index is -0.208. The Morgan fingerprint density at radius 3 is 2.62 bits per heavy atom. The van der Waals surface area contributed by atoms with E-state index in [1.165, 1.54) is 0 Å². The summed E-state index contributed by atoms with van der Waals surface area (Å²) in [6.07, 6.45) is 6.04. The van der Waals surface area contributed by atoms with Gasteiger partial charge in [-0.3, -0.25) is 9.59 Å². The highest BCUT2D eigenvalue weighted by atomic mass is 16.5. The Morgan fingerprint density at radius 1 is 1.21 bits per heavy atom. The second-order valence-electron chi connectivity index (χ2n) is 9.38. The molecule has 0 fully saturated rings. The van der Waals surface area contributed by atoms with Gasteiger partial charge in [-0.05, 0) is 54.5 Å². The summed E-state index contributed by atoms with van der Waals surface area (Å²) in [6, 6.07) is 11.1. The quantitative estimate of drug-likeness (QED) is 0.503. The maximum absolute atomic E-state index is 12.9. The highest BCUT2D eigenvalue weighted by molar-refractivity contribution is 6.00. The van der Waals surface area contributed by atoms with Gasteiger partial charge < -0.3 is 10.1 Å². The van der Waals surface area contributed by atoms with Crippen molar-refractivity contribution in [1.82, 2.24) is 20.1 Å². The monoisotopic (exact) mass is 458 g/mol. The van der Waals surface area contributed by atoms with Crippen molar-refractivity contribution in [3.8, 4) is 11.6 Å². The summed E-state index contributed by atoms with van der Waals surface area (Å²) in [5.74, 6) is 1.29. The first-order valence-corrected chi connectivity index (χ1v) is 11.4. The minimum Gasteiger partial charge on any atom is -0.497 e. The normalized spacial score (nSPS) is 14.4. The van der Waals surface area contributed by atoms with Crippen LogP contribution < -0.4 is 10.1 Å². The molecule has 1 aliphatic carbocycles. The van der Waals surface area contributed by atoms with E-state index in [1.807, 2.05) is 30.3 Å². The fourth-order valence-electron chi connectivity index (χ4n) is 4.30. The number of nitrogens with one attached hydrogen (secondary N) is 1. The number of Topliss-reactive ketones (excluding diaryl/α,β-unsaturated/α-hetero) is 1. The number of carbonyl (C=O) groups is 2. The van der Waals surface area contributed by atoms with Gasteiger partial charge in [0.15, 0.2) is 11.6 Å². The summed E-state index contributed by atoms with van der Waals surface area (Å²) in [5, 5.41) is 7.66. The molecule has 0 unspecified atom stereocenters. The maximum atomic E-state index is 12.9. The molecular weight excluding hydrogens is 428 g/mol. The molecule has 1 aromatic carbocycles. The average molecular weight is 459 g/mol. The predicted molar refractivity (Wildman–Crippen MR) is 130 cm³/mol. The van der Waals surface area contributed by atoms with Gasteiger partial charge in [0.1, 0.15) is 5.75 Å². The van der Waals surface area contributed by atoms with Crippen LogP contribution in [0.1, 0.15) is 64.4 Å². The molecule has 1 N–H and O–H groups in total. The van der Waals surface area contributed by atoms with Gasteiger partial charge in [-0.25, -0.2) is 9.67 Å². The molecule has 7 nitrogen and oxygen atoms in total. The molecule has 4 rings (SSSR count). The Morgan fingerprint density at radius 2 is 1.97 bits per heavy atom. The molecule has 0 bridgehead atoms. The van der Waals surface area contributed by atoms with Crippen LogP contribution in [0, 0.1) is 5.41 Å². The average Bonchev–Trinajstić information content (AvgIpc) is 3.19. The standard InChI is InChI=1S/C27H30N4O3/c1-5-6-7-21-25-22(14-27(2,3)15-23(25)32)31(30-21)24-13-10-19(17-28-24)26(33)29-16-18-8-11-20(34-4)12-9-18/h5,8-13,17H,1,6-7,14-16H2,2-4H3,(H,29,33). The van der Waals surface area contributed by atoms with Crippen LogP contribution in [0.25, 0.3) is 5.82 Å². The maximum Gasteiger partial charge on any atom is 0.253 e. The molecule has 0 saturated carbocycles. The van der Waals surface area contributed by atoms with Gasteiger partial charge in [0.05, 0.1) is 29.6 Å². The van der Waals surface area contributed by atoms with E-state index in [0.29, 0.717) is 30.8 Å². The number of rotatable bonds is 8. The molecule has 1 amide bonds. The number of nitrogens with zero attached hydrogens (tertiary/aromatic N) is 3. The Balaban J connectivity index is 1.54. The summed E-state index contributed by atoms with van der Waals surface area (Å²) in [7, 11) is 1.62. The molecule has 3 aromatic rings. The number of allylic oxidation sites excluding steroid dienone is 1. The molecule has 0 atom stereocenters. The smallest absolute Gasteiger partial charge is 0.253 e. The summed E-state index contributed by atoms with van der Waals surface area (Å²) in [4.78, 5) is 30.1. The van der Waals surface area contributed by atoms with E-state index in [1.54, 1.807) is 30.1 Å². The van der Waals surface area contributed by atoms with Crippen molar-refractivity contribution in [3.63, 3.8) is 0 Å². The van der Waals surface area contributed by atoms with E-state index in [4.69, 9.17) is 9.84 Å². The number of methoxy groups -OCH3 is 1. The van der Waals surface area contributed by atoms with Gasteiger partial charge in [-0.2, -0.15) is 5.10 Å². The van der Waals surface area contributed by atoms with E-state index in [2.05, 4.69) is 30.7 Å². The lowest BCUT2D eigenvalue weighted by Gasteiger charge is -2.29. The topological polar surface area (TPSA) is 86.1 Å². The number of fused-ring (bicyclic) bond motifs is 1. The number of ketones is 1. The van der Waals surface area contributed by atoms with E-state index in [9.17, 15) is 9.59 Å². The molecule has 0 radical (unpaired) electrons. The lowest BCUT2D eigenvalue weighted by Crippen LogP contribution is -2.28. The van der Waals surface area contributed by atoms with Crippen molar-refractivity contribution in [2.45, 2.75) is 46.1 Å². The van der Waals surface area contributed by atoms with Crippen LogP contribution in [0.2, 0.25) is 0 Å². The van der Waals surface area contributed by atoms with Gasteiger partial charge in [-0.1, -0.05) is 32.1 Å². The molecule has 0 spiro atoms. The minimum absolute atomic E-state index is 0.131. The first kappa shape index (κ1) is 23.4. The van der Waals surface area contributed by atoms with Crippen molar-refractivity contribution >= 4 is 11.7 Å². The van der Waals surface area contributed by atoms with Crippen LogP contribution in [0.15, 0.2) is 55.3 Å². The van der Waals surface area contributed by atoms with E-state index >= 15 is 0 Å². The zero-order valence-electron chi connectivity index (χ0n) is 19.9. The van der Waals surface area contributed by atoms with Gasteiger partial charge in [-0.15, -0.1) is 6.58 Å². The van der Waals surface area contributed by atoms with E-state index in [0.717, 1.165) is 41.1 Å². The Labute approximate surface area is 199 Å². The zero-order chi connectivity index (χ0) is 24.3. The van der Waals surface area contributed by atoms with Crippen molar-refractivity contribution in [3.05, 3.63) is 83.3 Å². The lowest BCUT2D eigenvalue weighted by molar-refractivity contribution is 0.0908. The number of amides is 1. The van der Waals surface area contributed by atoms with Crippen molar-refractivity contribution in [2.24, 2.45) is 5.41 Å². The van der Waals surface area contributed by atoms with Crippen molar-refractivity contribution < 1.29 is 14.3 Å².